The Bertz CT molecular complexity index is 760. The van der Waals surface area contributed by atoms with E-state index in [1.807, 2.05) is 26.0 Å². The van der Waals surface area contributed by atoms with Gasteiger partial charge in [-0.05, 0) is 69.4 Å². The number of aliphatic imine (C=N–C) groups is 1. The van der Waals surface area contributed by atoms with Crippen LogP contribution in [0.25, 0.3) is 0 Å². The molecule has 24 heavy (non-hydrogen) atoms. The van der Waals surface area contributed by atoms with Crippen molar-refractivity contribution in [3.63, 3.8) is 0 Å². The molecule has 0 aromatic heterocycles. The van der Waals surface area contributed by atoms with Crippen LogP contribution in [0.1, 0.15) is 45.7 Å². The van der Waals surface area contributed by atoms with Gasteiger partial charge in [-0.1, -0.05) is 29.5 Å². The number of allylic oxidation sites excluding steroid dienone is 5. The van der Waals surface area contributed by atoms with Gasteiger partial charge in [0.15, 0.2) is 0 Å². The van der Waals surface area contributed by atoms with Gasteiger partial charge in [0.05, 0.1) is 16.7 Å². The highest BCUT2D eigenvalue weighted by Gasteiger charge is 2.08. The van der Waals surface area contributed by atoms with Gasteiger partial charge in [0.25, 0.3) is 0 Å². The zero-order valence-electron chi connectivity index (χ0n) is 14.9. The van der Waals surface area contributed by atoms with E-state index in [-0.39, 0.29) is 5.82 Å². The van der Waals surface area contributed by atoms with Gasteiger partial charge >= 0.3 is 0 Å². The van der Waals surface area contributed by atoms with Crippen LogP contribution in [-0.4, -0.2) is 5.04 Å². The minimum absolute atomic E-state index is 0.319. The van der Waals surface area contributed by atoms with E-state index in [0.29, 0.717) is 17.5 Å². The maximum atomic E-state index is 14.0. The third-order valence-corrected chi connectivity index (χ3v) is 4.37. The second kappa shape index (κ2) is 9.24. The molecule has 0 aliphatic carbocycles. The minimum atomic E-state index is -0.331. The second-order valence-electron chi connectivity index (χ2n) is 5.87. The van der Waals surface area contributed by atoms with Gasteiger partial charge in [-0.25, -0.2) is 4.39 Å². The van der Waals surface area contributed by atoms with Crippen LogP contribution in [0.5, 0.6) is 0 Å². The monoisotopic (exact) mass is 342 g/mol. The van der Waals surface area contributed by atoms with Crippen molar-refractivity contribution in [2.24, 2.45) is 4.99 Å². The number of halogens is 1. The molecule has 1 aromatic carbocycles. The van der Waals surface area contributed by atoms with Gasteiger partial charge in [0.1, 0.15) is 5.82 Å². The van der Waals surface area contributed by atoms with E-state index < -0.39 is 0 Å². The molecule has 0 heterocycles. The average Bonchev–Trinajstić information content (AvgIpc) is 2.48. The lowest BCUT2D eigenvalue weighted by molar-refractivity contribution is 0.613. The first-order valence-corrected chi connectivity index (χ1v) is 8.46. The summed E-state index contributed by atoms with van der Waals surface area (Å²) < 4.78 is 14.0. The van der Waals surface area contributed by atoms with Crippen LogP contribution >= 0.6 is 11.8 Å². The van der Waals surface area contributed by atoms with Crippen LogP contribution in [0.3, 0.4) is 0 Å². The standard InChI is InChI=1S/C20H23FN2S/c1-13(2)9-19(23-16(6)24-15(5)14(3)4)11-18-10-17(12-22)7-8-20(18)21/h7-10H,1,11H2,2-6H3/b19-9-,23-16?. The fraction of sp³-hybridized carbons (Fsp3) is 0.300. The lowest BCUT2D eigenvalue weighted by Gasteiger charge is -2.08. The summed E-state index contributed by atoms with van der Waals surface area (Å²) in [6.45, 7) is 13.9. The first-order chi connectivity index (χ1) is 11.2. The molecule has 0 aliphatic rings. The molecule has 0 bridgehead atoms. The molecule has 126 valence electrons. The summed E-state index contributed by atoms with van der Waals surface area (Å²) in [6.07, 6.45) is 2.17. The summed E-state index contributed by atoms with van der Waals surface area (Å²) in [5, 5.41) is 9.88. The summed E-state index contributed by atoms with van der Waals surface area (Å²) in [7, 11) is 0. The molecule has 1 aromatic rings. The molecule has 0 unspecified atom stereocenters. The summed E-state index contributed by atoms with van der Waals surface area (Å²) in [6, 6.07) is 6.41. The van der Waals surface area contributed by atoms with Crippen LogP contribution < -0.4 is 0 Å². The largest absolute Gasteiger partial charge is 0.251 e. The van der Waals surface area contributed by atoms with E-state index in [9.17, 15) is 4.39 Å². The molecule has 0 spiro atoms. The van der Waals surface area contributed by atoms with Crippen molar-refractivity contribution in [3.8, 4) is 6.07 Å². The summed E-state index contributed by atoms with van der Waals surface area (Å²) in [4.78, 5) is 5.82. The third kappa shape index (κ3) is 6.55. The van der Waals surface area contributed by atoms with Crippen LogP contribution in [0, 0.1) is 17.1 Å². The van der Waals surface area contributed by atoms with Crippen molar-refractivity contribution in [3.05, 3.63) is 69.5 Å². The van der Waals surface area contributed by atoms with Crippen molar-refractivity contribution in [1.29, 1.82) is 5.26 Å². The zero-order chi connectivity index (χ0) is 18.3. The first kappa shape index (κ1) is 19.9. The fourth-order valence-corrected chi connectivity index (χ4v) is 2.74. The van der Waals surface area contributed by atoms with Gasteiger partial charge in [-0.2, -0.15) is 5.26 Å². The highest BCUT2D eigenvalue weighted by atomic mass is 32.2. The third-order valence-electron chi connectivity index (χ3n) is 3.27. The number of benzene rings is 1. The summed E-state index contributed by atoms with van der Waals surface area (Å²) in [5.74, 6) is -0.331. The number of hydrogen-bond acceptors (Lipinski definition) is 3. The molecule has 2 nitrogen and oxygen atoms in total. The molecule has 4 heteroatoms. The van der Waals surface area contributed by atoms with E-state index in [0.717, 1.165) is 16.3 Å². The maximum Gasteiger partial charge on any atom is 0.126 e. The maximum absolute atomic E-state index is 14.0. The first-order valence-electron chi connectivity index (χ1n) is 7.64. The SMILES string of the molecule is C=C(C)/C=C(/Cc1cc(C#N)ccc1F)N=C(C)SC(C)=C(C)C. The highest BCUT2D eigenvalue weighted by molar-refractivity contribution is 8.17. The van der Waals surface area contributed by atoms with Crippen LogP contribution in [0.2, 0.25) is 0 Å². The average molecular weight is 342 g/mol. The Balaban J connectivity index is 3.15. The smallest absolute Gasteiger partial charge is 0.126 e. The van der Waals surface area contributed by atoms with E-state index in [1.165, 1.54) is 22.6 Å². The zero-order valence-corrected chi connectivity index (χ0v) is 15.7. The van der Waals surface area contributed by atoms with E-state index in [1.54, 1.807) is 17.8 Å². The van der Waals surface area contributed by atoms with Crippen molar-refractivity contribution < 1.29 is 4.39 Å². The lowest BCUT2D eigenvalue weighted by atomic mass is 10.1. The summed E-state index contributed by atoms with van der Waals surface area (Å²) in [5.41, 5.74) is 3.72. The number of thioether (sulfide) groups is 1. The Morgan fingerprint density at radius 3 is 2.50 bits per heavy atom. The number of nitrogens with zero attached hydrogens (tertiary/aromatic N) is 2. The Kier molecular flexibility index (Phi) is 7.67. The normalized spacial score (nSPS) is 11.9. The van der Waals surface area contributed by atoms with Gasteiger partial charge in [0.2, 0.25) is 0 Å². The van der Waals surface area contributed by atoms with Gasteiger partial charge in [-0.3, -0.25) is 4.99 Å². The minimum Gasteiger partial charge on any atom is -0.251 e. The Morgan fingerprint density at radius 2 is 1.96 bits per heavy atom. The topological polar surface area (TPSA) is 36.1 Å². The molecular formula is C20H23FN2S. The van der Waals surface area contributed by atoms with Gasteiger partial charge in [0, 0.05) is 12.1 Å². The van der Waals surface area contributed by atoms with Crippen LogP contribution in [0.15, 0.2) is 57.6 Å². The van der Waals surface area contributed by atoms with E-state index in [4.69, 9.17) is 5.26 Å². The van der Waals surface area contributed by atoms with E-state index >= 15 is 0 Å². The Morgan fingerprint density at radius 1 is 1.29 bits per heavy atom. The summed E-state index contributed by atoms with van der Waals surface area (Å²) >= 11 is 1.60. The van der Waals surface area contributed by atoms with Crippen molar-refractivity contribution in [2.45, 2.75) is 41.0 Å². The van der Waals surface area contributed by atoms with Crippen LogP contribution in [-0.2, 0) is 6.42 Å². The molecule has 0 radical (unpaired) electrons. The molecular weight excluding hydrogens is 319 g/mol. The molecule has 0 atom stereocenters. The predicted molar refractivity (Wildman–Crippen MR) is 102 cm³/mol. The van der Waals surface area contributed by atoms with Crippen molar-refractivity contribution in [2.75, 3.05) is 0 Å². The molecule has 0 fully saturated rings. The molecule has 0 saturated carbocycles. The van der Waals surface area contributed by atoms with Gasteiger partial charge in [-0.15, -0.1) is 0 Å². The van der Waals surface area contributed by atoms with Gasteiger partial charge < -0.3 is 0 Å². The molecule has 0 saturated heterocycles. The lowest BCUT2D eigenvalue weighted by Crippen LogP contribution is -1.97. The van der Waals surface area contributed by atoms with Crippen LogP contribution in [0.4, 0.5) is 4.39 Å². The highest BCUT2D eigenvalue weighted by Crippen LogP contribution is 2.23. The number of hydrogen-bond donors (Lipinski definition) is 0. The molecule has 0 aliphatic heterocycles. The van der Waals surface area contributed by atoms with Crippen molar-refractivity contribution >= 4 is 16.8 Å². The number of rotatable bonds is 5. The Labute approximate surface area is 148 Å². The quantitative estimate of drug-likeness (QED) is 0.365. The Hall–Kier alpha value is -2.12. The predicted octanol–water partition coefficient (Wildman–Crippen LogP) is 6.17. The molecule has 1 rings (SSSR count). The van der Waals surface area contributed by atoms with Crippen molar-refractivity contribution in [1.82, 2.24) is 0 Å². The van der Waals surface area contributed by atoms with E-state index in [2.05, 4.69) is 32.3 Å². The molecule has 0 amide bonds. The molecule has 0 N–H and O–H groups in total. The fourth-order valence-electron chi connectivity index (χ4n) is 1.93. The second-order valence-corrected chi connectivity index (χ2v) is 7.27. The number of nitriles is 1.